The van der Waals surface area contributed by atoms with Crippen molar-refractivity contribution in [1.82, 2.24) is 0 Å². The second-order valence-electron chi connectivity index (χ2n) is 5.36. The standard InChI is InChI=1S/C11H16O2S/c12-9(13)11-5-10(6-11,7-11)8-1-3-14-4-2-8/h8H,1-7H2,(H,12,13). The highest BCUT2D eigenvalue weighted by atomic mass is 32.2. The van der Waals surface area contributed by atoms with E-state index in [2.05, 4.69) is 11.8 Å². The first-order valence-corrected chi connectivity index (χ1v) is 6.64. The van der Waals surface area contributed by atoms with Gasteiger partial charge in [0, 0.05) is 0 Å². The Morgan fingerprint density at radius 1 is 1.21 bits per heavy atom. The Bertz CT molecular complexity index is 261. The monoisotopic (exact) mass is 212 g/mol. The van der Waals surface area contributed by atoms with Crippen LogP contribution in [-0.2, 0) is 4.79 Å². The van der Waals surface area contributed by atoms with Gasteiger partial charge < -0.3 is 5.11 Å². The minimum absolute atomic E-state index is 0.259. The first-order valence-electron chi connectivity index (χ1n) is 5.48. The number of aliphatic carboxylic acids is 1. The molecule has 0 unspecified atom stereocenters. The third kappa shape index (κ3) is 0.967. The van der Waals surface area contributed by atoms with Crippen molar-refractivity contribution in [3.05, 3.63) is 0 Å². The average molecular weight is 212 g/mol. The van der Waals surface area contributed by atoms with Gasteiger partial charge in [0.25, 0.3) is 0 Å². The molecule has 14 heavy (non-hydrogen) atoms. The lowest BCUT2D eigenvalue weighted by molar-refractivity contribution is -0.243. The van der Waals surface area contributed by atoms with Crippen molar-refractivity contribution in [3.63, 3.8) is 0 Å². The molecule has 0 atom stereocenters. The molecule has 0 aromatic carbocycles. The summed E-state index contributed by atoms with van der Waals surface area (Å²) in [5.74, 6) is 2.91. The highest BCUT2D eigenvalue weighted by Crippen LogP contribution is 2.77. The average Bonchev–Trinajstić information content (AvgIpc) is 2.00. The normalized spacial score (nSPS) is 46.6. The summed E-state index contributed by atoms with van der Waals surface area (Å²) in [7, 11) is 0. The number of carbonyl (C=O) groups is 1. The molecule has 1 saturated heterocycles. The van der Waals surface area contributed by atoms with E-state index in [0.29, 0.717) is 5.41 Å². The molecule has 3 saturated carbocycles. The van der Waals surface area contributed by atoms with Gasteiger partial charge in [-0.3, -0.25) is 4.79 Å². The lowest BCUT2D eigenvalue weighted by Crippen LogP contribution is -2.68. The summed E-state index contributed by atoms with van der Waals surface area (Å²) in [6.45, 7) is 0. The van der Waals surface area contributed by atoms with Gasteiger partial charge in [-0.1, -0.05) is 0 Å². The molecule has 1 heterocycles. The first kappa shape index (κ1) is 9.08. The van der Waals surface area contributed by atoms with Gasteiger partial charge in [0.15, 0.2) is 0 Å². The number of thioether (sulfide) groups is 1. The molecule has 2 bridgehead atoms. The molecule has 0 aromatic rings. The second kappa shape index (κ2) is 2.69. The Labute approximate surface area is 88.5 Å². The number of rotatable bonds is 2. The maximum atomic E-state index is 11.0. The van der Waals surface area contributed by atoms with Gasteiger partial charge >= 0.3 is 5.97 Å². The zero-order chi connectivity index (χ0) is 9.81. The minimum Gasteiger partial charge on any atom is -0.481 e. The Hall–Kier alpha value is -0.180. The summed E-state index contributed by atoms with van der Waals surface area (Å²) in [5.41, 5.74) is 0.226. The molecule has 0 aromatic heterocycles. The van der Waals surface area contributed by atoms with Crippen molar-refractivity contribution >= 4 is 17.7 Å². The van der Waals surface area contributed by atoms with Gasteiger partial charge in [0.2, 0.25) is 0 Å². The minimum atomic E-state index is -0.537. The third-order valence-electron chi connectivity index (χ3n) is 4.61. The van der Waals surface area contributed by atoms with E-state index in [1.165, 1.54) is 24.3 Å². The molecule has 3 aliphatic carbocycles. The van der Waals surface area contributed by atoms with Crippen LogP contribution in [0.25, 0.3) is 0 Å². The summed E-state index contributed by atoms with van der Waals surface area (Å²) >= 11 is 2.06. The smallest absolute Gasteiger partial charge is 0.309 e. The Morgan fingerprint density at radius 3 is 2.29 bits per heavy atom. The SMILES string of the molecule is O=C(O)C12CC(C3CCSCC3)(C1)C2. The van der Waals surface area contributed by atoms with Crippen molar-refractivity contribution in [1.29, 1.82) is 0 Å². The quantitative estimate of drug-likeness (QED) is 0.763. The van der Waals surface area contributed by atoms with E-state index in [0.717, 1.165) is 25.2 Å². The van der Waals surface area contributed by atoms with Crippen molar-refractivity contribution in [2.24, 2.45) is 16.7 Å². The van der Waals surface area contributed by atoms with Gasteiger partial charge in [-0.15, -0.1) is 0 Å². The largest absolute Gasteiger partial charge is 0.481 e. The van der Waals surface area contributed by atoms with Crippen molar-refractivity contribution in [2.75, 3.05) is 11.5 Å². The molecule has 4 rings (SSSR count). The Morgan fingerprint density at radius 2 is 1.79 bits per heavy atom. The van der Waals surface area contributed by atoms with Crippen LogP contribution in [-0.4, -0.2) is 22.6 Å². The number of hydrogen-bond donors (Lipinski definition) is 1. The van der Waals surface area contributed by atoms with Crippen LogP contribution < -0.4 is 0 Å². The molecule has 1 N–H and O–H groups in total. The fraction of sp³-hybridized carbons (Fsp3) is 0.909. The zero-order valence-electron chi connectivity index (χ0n) is 8.29. The van der Waals surface area contributed by atoms with Crippen LogP contribution in [0.5, 0.6) is 0 Å². The Balaban J connectivity index is 1.65. The number of hydrogen-bond acceptors (Lipinski definition) is 2. The first-order chi connectivity index (χ1) is 6.67. The van der Waals surface area contributed by atoms with Crippen LogP contribution in [0, 0.1) is 16.7 Å². The molecule has 0 amide bonds. The number of carboxylic acids is 1. The lowest BCUT2D eigenvalue weighted by Gasteiger charge is -2.71. The van der Waals surface area contributed by atoms with Crippen LogP contribution in [0.3, 0.4) is 0 Å². The predicted molar refractivity (Wildman–Crippen MR) is 56.4 cm³/mol. The fourth-order valence-corrected chi connectivity index (χ4v) is 4.94. The van der Waals surface area contributed by atoms with Crippen LogP contribution in [0.15, 0.2) is 0 Å². The van der Waals surface area contributed by atoms with E-state index < -0.39 is 5.97 Å². The van der Waals surface area contributed by atoms with Gasteiger partial charge in [-0.05, 0) is 54.9 Å². The fourth-order valence-electron chi connectivity index (χ4n) is 3.84. The molecular formula is C11H16O2S. The Kier molecular flexibility index (Phi) is 1.74. The second-order valence-corrected chi connectivity index (χ2v) is 6.59. The zero-order valence-corrected chi connectivity index (χ0v) is 9.11. The molecule has 4 fully saturated rings. The molecule has 3 heteroatoms. The summed E-state index contributed by atoms with van der Waals surface area (Å²) < 4.78 is 0. The summed E-state index contributed by atoms with van der Waals surface area (Å²) in [6, 6.07) is 0. The summed E-state index contributed by atoms with van der Waals surface area (Å²) in [6.07, 6.45) is 5.64. The molecule has 1 aliphatic heterocycles. The van der Waals surface area contributed by atoms with Crippen LogP contribution in [0.2, 0.25) is 0 Å². The van der Waals surface area contributed by atoms with Crippen LogP contribution in [0.1, 0.15) is 32.1 Å². The van der Waals surface area contributed by atoms with Gasteiger partial charge in [0.1, 0.15) is 0 Å². The predicted octanol–water partition coefficient (Wildman–Crippen LogP) is 2.38. The van der Waals surface area contributed by atoms with Crippen LogP contribution in [0.4, 0.5) is 0 Å². The van der Waals surface area contributed by atoms with Crippen LogP contribution >= 0.6 is 11.8 Å². The molecule has 2 nitrogen and oxygen atoms in total. The maximum Gasteiger partial charge on any atom is 0.309 e. The highest BCUT2D eigenvalue weighted by Gasteiger charge is 2.73. The molecule has 78 valence electrons. The van der Waals surface area contributed by atoms with E-state index in [1.54, 1.807) is 0 Å². The third-order valence-corrected chi connectivity index (χ3v) is 5.66. The maximum absolute atomic E-state index is 11.0. The van der Waals surface area contributed by atoms with E-state index in [4.69, 9.17) is 5.11 Å². The van der Waals surface area contributed by atoms with E-state index in [1.807, 2.05) is 0 Å². The van der Waals surface area contributed by atoms with E-state index in [-0.39, 0.29) is 5.41 Å². The molecule has 0 radical (unpaired) electrons. The van der Waals surface area contributed by atoms with Crippen molar-refractivity contribution in [2.45, 2.75) is 32.1 Å². The topological polar surface area (TPSA) is 37.3 Å². The highest BCUT2D eigenvalue weighted by molar-refractivity contribution is 7.99. The van der Waals surface area contributed by atoms with E-state index >= 15 is 0 Å². The number of carboxylic acid groups (broad SMARTS) is 1. The van der Waals surface area contributed by atoms with E-state index in [9.17, 15) is 4.79 Å². The van der Waals surface area contributed by atoms with Crippen molar-refractivity contribution in [3.8, 4) is 0 Å². The van der Waals surface area contributed by atoms with Gasteiger partial charge in [-0.2, -0.15) is 11.8 Å². The summed E-state index contributed by atoms with van der Waals surface area (Å²) in [5, 5.41) is 9.04. The lowest BCUT2D eigenvalue weighted by atomic mass is 9.31. The summed E-state index contributed by atoms with van der Waals surface area (Å²) in [4.78, 5) is 11.0. The van der Waals surface area contributed by atoms with Crippen molar-refractivity contribution < 1.29 is 9.90 Å². The molecular weight excluding hydrogens is 196 g/mol. The molecule has 4 aliphatic rings. The molecule has 0 spiro atoms. The van der Waals surface area contributed by atoms with Gasteiger partial charge in [0.05, 0.1) is 5.41 Å². The van der Waals surface area contributed by atoms with Gasteiger partial charge in [-0.25, -0.2) is 0 Å².